The molecule has 0 fully saturated rings. The summed E-state index contributed by atoms with van der Waals surface area (Å²) >= 11 is 0. The van der Waals surface area contributed by atoms with Gasteiger partial charge in [-0.1, -0.05) is 18.2 Å². The van der Waals surface area contributed by atoms with E-state index < -0.39 is 0 Å². The number of amides is 1. The fourth-order valence-corrected chi connectivity index (χ4v) is 2.38. The summed E-state index contributed by atoms with van der Waals surface area (Å²) in [4.78, 5) is 23.7. The molecule has 0 heterocycles. The molecule has 0 saturated carbocycles. The molecule has 0 unspecified atom stereocenters. The van der Waals surface area contributed by atoms with Gasteiger partial charge in [-0.2, -0.15) is 0 Å². The van der Waals surface area contributed by atoms with E-state index in [-0.39, 0.29) is 11.7 Å². The van der Waals surface area contributed by atoms with E-state index in [4.69, 9.17) is 14.2 Å². The second-order valence-corrected chi connectivity index (χ2v) is 5.41. The molecule has 2 aromatic carbocycles. The van der Waals surface area contributed by atoms with Crippen molar-refractivity contribution in [2.24, 2.45) is 0 Å². The molecule has 1 amide bonds. The van der Waals surface area contributed by atoms with Crippen LogP contribution in [-0.2, 0) is 4.79 Å². The van der Waals surface area contributed by atoms with Crippen molar-refractivity contribution in [3.8, 4) is 17.2 Å². The number of nitrogens with one attached hydrogen (secondary N) is 1. The number of benzene rings is 2. The van der Waals surface area contributed by atoms with E-state index in [1.165, 1.54) is 34.3 Å². The van der Waals surface area contributed by atoms with Crippen molar-refractivity contribution >= 4 is 23.5 Å². The van der Waals surface area contributed by atoms with E-state index in [2.05, 4.69) is 5.32 Å². The van der Waals surface area contributed by atoms with Crippen LogP contribution in [0, 0.1) is 0 Å². The predicted molar refractivity (Wildman–Crippen MR) is 100 cm³/mol. The fourth-order valence-electron chi connectivity index (χ4n) is 2.38. The summed E-state index contributed by atoms with van der Waals surface area (Å²) in [5.74, 6) is 0.885. The first-order valence-corrected chi connectivity index (χ1v) is 7.88. The number of carbonyl (C=O) groups is 2. The standard InChI is InChI=1S/C20H21NO5/c1-13(22)21-15-8-5-14(6-9-15)7-10-17(23)20-18(25-3)11-16(24-2)12-19(20)26-4/h5-12H,1-4H3,(H,21,22)/b10-7+. The Morgan fingerprint density at radius 3 is 1.96 bits per heavy atom. The molecule has 6 nitrogen and oxygen atoms in total. The number of carbonyl (C=O) groups excluding carboxylic acids is 2. The lowest BCUT2D eigenvalue weighted by molar-refractivity contribution is -0.114. The van der Waals surface area contributed by atoms with Gasteiger partial charge in [-0.05, 0) is 23.8 Å². The van der Waals surface area contributed by atoms with E-state index in [9.17, 15) is 9.59 Å². The highest BCUT2D eigenvalue weighted by Gasteiger charge is 2.18. The number of allylic oxidation sites excluding steroid dienone is 1. The zero-order valence-electron chi connectivity index (χ0n) is 15.2. The van der Waals surface area contributed by atoms with E-state index in [0.717, 1.165) is 5.56 Å². The average Bonchev–Trinajstić information content (AvgIpc) is 2.65. The van der Waals surface area contributed by atoms with E-state index >= 15 is 0 Å². The van der Waals surface area contributed by atoms with Gasteiger partial charge >= 0.3 is 0 Å². The van der Waals surface area contributed by atoms with E-state index in [1.807, 2.05) is 0 Å². The maximum Gasteiger partial charge on any atom is 0.221 e. The predicted octanol–water partition coefficient (Wildman–Crippen LogP) is 3.57. The summed E-state index contributed by atoms with van der Waals surface area (Å²) in [6.07, 6.45) is 3.13. The van der Waals surface area contributed by atoms with Crippen LogP contribution in [0.3, 0.4) is 0 Å². The second kappa shape index (κ2) is 8.71. The average molecular weight is 355 g/mol. The Morgan fingerprint density at radius 1 is 0.923 bits per heavy atom. The van der Waals surface area contributed by atoms with Gasteiger partial charge in [-0.15, -0.1) is 0 Å². The molecule has 0 aliphatic heterocycles. The first-order chi connectivity index (χ1) is 12.5. The molecular weight excluding hydrogens is 334 g/mol. The molecule has 1 N–H and O–H groups in total. The van der Waals surface area contributed by atoms with Crippen molar-refractivity contribution in [2.45, 2.75) is 6.92 Å². The van der Waals surface area contributed by atoms with Crippen LogP contribution in [0.2, 0.25) is 0 Å². The first-order valence-electron chi connectivity index (χ1n) is 7.88. The van der Waals surface area contributed by atoms with Crippen LogP contribution in [0.1, 0.15) is 22.8 Å². The van der Waals surface area contributed by atoms with Gasteiger partial charge in [0.2, 0.25) is 5.91 Å². The Labute approximate surface area is 152 Å². The van der Waals surface area contributed by atoms with Gasteiger partial charge in [0.05, 0.1) is 21.3 Å². The normalized spacial score (nSPS) is 10.5. The van der Waals surface area contributed by atoms with Crippen molar-refractivity contribution in [3.05, 3.63) is 53.6 Å². The highest BCUT2D eigenvalue weighted by Crippen LogP contribution is 2.34. The SMILES string of the molecule is COc1cc(OC)c(C(=O)/C=C/c2ccc(NC(C)=O)cc2)c(OC)c1. The van der Waals surface area contributed by atoms with Gasteiger partial charge < -0.3 is 19.5 Å². The lowest BCUT2D eigenvalue weighted by atomic mass is 10.1. The number of hydrogen-bond donors (Lipinski definition) is 1. The van der Waals surface area contributed by atoms with Gasteiger partial charge in [0.15, 0.2) is 5.78 Å². The van der Waals surface area contributed by atoms with Gasteiger partial charge in [0.1, 0.15) is 22.8 Å². The van der Waals surface area contributed by atoms with Crippen molar-refractivity contribution in [3.63, 3.8) is 0 Å². The molecule has 0 atom stereocenters. The van der Waals surface area contributed by atoms with Crippen molar-refractivity contribution in [2.75, 3.05) is 26.6 Å². The van der Waals surface area contributed by atoms with Crippen LogP contribution in [-0.4, -0.2) is 33.0 Å². The molecule has 6 heteroatoms. The lowest BCUT2D eigenvalue weighted by Gasteiger charge is -2.13. The van der Waals surface area contributed by atoms with Crippen LogP contribution in [0.4, 0.5) is 5.69 Å². The molecule has 0 bridgehead atoms. The number of ether oxygens (including phenoxy) is 3. The zero-order chi connectivity index (χ0) is 19.1. The first kappa shape index (κ1) is 19.1. The molecule has 0 radical (unpaired) electrons. The van der Waals surface area contributed by atoms with E-state index in [0.29, 0.717) is 28.5 Å². The minimum atomic E-state index is -0.257. The van der Waals surface area contributed by atoms with Gasteiger partial charge in [-0.25, -0.2) is 0 Å². The molecule has 136 valence electrons. The van der Waals surface area contributed by atoms with Gasteiger partial charge in [0, 0.05) is 24.7 Å². The van der Waals surface area contributed by atoms with Crippen LogP contribution in [0.15, 0.2) is 42.5 Å². The molecule has 0 aliphatic carbocycles. The maximum absolute atomic E-state index is 12.6. The number of hydrogen-bond acceptors (Lipinski definition) is 5. The summed E-state index contributed by atoms with van der Waals surface area (Å²) in [7, 11) is 4.49. The number of rotatable bonds is 7. The Bertz CT molecular complexity index is 800. The number of methoxy groups -OCH3 is 3. The van der Waals surface area contributed by atoms with Crippen LogP contribution < -0.4 is 19.5 Å². The highest BCUT2D eigenvalue weighted by molar-refractivity contribution is 6.10. The van der Waals surface area contributed by atoms with Crippen molar-refractivity contribution < 1.29 is 23.8 Å². The fraction of sp³-hybridized carbons (Fsp3) is 0.200. The Balaban J connectivity index is 2.26. The summed E-state index contributed by atoms with van der Waals surface area (Å²) in [5.41, 5.74) is 1.83. The van der Waals surface area contributed by atoms with Crippen molar-refractivity contribution in [1.29, 1.82) is 0 Å². The molecule has 2 rings (SSSR count). The second-order valence-electron chi connectivity index (χ2n) is 5.41. The third-order valence-corrected chi connectivity index (χ3v) is 3.62. The molecule has 0 spiro atoms. The topological polar surface area (TPSA) is 73.9 Å². The highest BCUT2D eigenvalue weighted by atomic mass is 16.5. The smallest absolute Gasteiger partial charge is 0.221 e. The van der Waals surface area contributed by atoms with E-state index in [1.54, 1.807) is 42.5 Å². The Morgan fingerprint density at radius 2 is 1.50 bits per heavy atom. The molecule has 0 aliphatic rings. The summed E-state index contributed by atoms with van der Waals surface area (Å²) < 4.78 is 15.8. The summed E-state index contributed by atoms with van der Waals surface area (Å²) in [6.45, 7) is 1.45. The molecule has 26 heavy (non-hydrogen) atoms. The van der Waals surface area contributed by atoms with Gasteiger partial charge in [-0.3, -0.25) is 9.59 Å². The van der Waals surface area contributed by atoms with Crippen LogP contribution in [0.5, 0.6) is 17.2 Å². The van der Waals surface area contributed by atoms with Gasteiger partial charge in [0.25, 0.3) is 0 Å². The minimum absolute atomic E-state index is 0.137. The third kappa shape index (κ3) is 4.63. The zero-order valence-corrected chi connectivity index (χ0v) is 15.2. The number of ketones is 1. The van der Waals surface area contributed by atoms with Crippen LogP contribution >= 0.6 is 0 Å². The molecule has 0 saturated heterocycles. The summed E-state index contributed by atoms with van der Waals surface area (Å²) in [5, 5.41) is 2.69. The maximum atomic E-state index is 12.6. The monoisotopic (exact) mass is 355 g/mol. The molecular formula is C20H21NO5. The Hall–Kier alpha value is -3.28. The number of anilines is 1. The molecule has 0 aromatic heterocycles. The lowest BCUT2D eigenvalue weighted by Crippen LogP contribution is -2.05. The van der Waals surface area contributed by atoms with Crippen LogP contribution in [0.25, 0.3) is 6.08 Å². The largest absolute Gasteiger partial charge is 0.496 e. The Kier molecular flexibility index (Phi) is 6.38. The molecule has 2 aromatic rings. The third-order valence-electron chi connectivity index (χ3n) is 3.62. The minimum Gasteiger partial charge on any atom is -0.496 e. The quantitative estimate of drug-likeness (QED) is 0.607. The summed E-state index contributed by atoms with van der Waals surface area (Å²) in [6, 6.07) is 10.4. The van der Waals surface area contributed by atoms with Crippen molar-refractivity contribution in [1.82, 2.24) is 0 Å².